The van der Waals surface area contributed by atoms with E-state index >= 15 is 0 Å². The molecule has 0 aliphatic heterocycles. The Bertz CT molecular complexity index is 691. The van der Waals surface area contributed by atoms with Gasteiger partial charge in [-0.1, -0.05) is 12.1 Å². The van der Waals surface area contributed by atoms with E-state index in [0.717, 1.165) is 12.1 Å². The number of hydrogen-bond donors (Lipinski definition) is 1. The third-order valence-corrected chi connectivity index (χ3v) is 2.84. The minimum Gasteiger partial charge on any atom is -0.477 e. The van der Waals surface area contributed by atoms with E-state index in [2.05, 4.69) is 5.16 Å². The molecule has 0 spiro atoms. The van der Waals surface area contributed by atoms with Crippen LogP contribution in [0.4, 0.5) is 17.6 Å². The number of carboxylic acid groups (broad SMARTS) is 1. The minimum absolute atomic E-state index is 0.0463. The Morgan fingerprint density at radius 3 is 2.57 bits per heavy atom. The topological polar surface area (TPSA) is 63.3 Å². The molecule has 0 atom stereocenters. The number of aromatic carboxylic acids is 1. The summed E-state index contributed by atoms with van der Waals surface area (Å²) in [5.41, 5.74) is -2.76. The number of benzene rings is 1. The van der Waals surface area contributed by atoms with Crippen LogP contribution in [0.3, 0.4) is 0 Å². The lowest BCUT2D eigenvalue weighted by atomic mass is 9.99. The summed E-state index contributed by atoms with van der Waals surface area (Å²) in [6, 6.07) is 1.93. The van der Waals surface area contributed by atoms with Gasteiger partial charge in [0.2, 0.25) is 0 Å². The van der Waals surface area contributed by atoms with Gasteiger partial charge in [-0.3, -0.25) is 0 Å². The van der Waals surface area contributed by atoms with Crippen molar-refractivity contribution in [1.29, 1.82) is 0 Å². The van der Waals surface area contributed by atoms with Gasteiger partial charge in [0, 0.05) is 12.0 Å². The number of aryl methyl sites for hydroxylation is 1. The quantitative estimate of drug-likeness (QED) is 0.877. The highest BCUT2D eigenvalue weighted by Gasteiger charge is 2.36. The average molecular weight is 303 g/mol. The maximum atomic E-state index is 13.1. The molecule has 1 N–H and O–H groups in total. The van der Waals surface area contributed by atoms with E-state index < -0.39 is 40.3 Å². The highest BCUT2D eigenvalue weighted by molar-refractivity contribution is 5.96. The van der Waals surface area contributed by atoms with Crippen molar-refractivity contribution in [3.8, 4) is 11.3 Å². The SMILES string of the molecule is CCc1onc(-c2ccc(F)cc2C(F)(F)F)c1C(=O)O. The molecule has 2 aromatic rings. The van der Waals surface area contributed by atoms with Crippen LogP contribution in [-0.4, -0.2) is 16.2 Å². The second-order valence-corrected chi connectivity index (χ2v) is 4.18. The first kappa shape index (κ1) is 15.0. The fourth-order valence-electron chi connectivity index (χ4n) is 1.93. The first-order valence-corrected chi connectivity index (χ1v) is 5.84. The first-order valence-electron chi connectivity index (χ1n) is 5.84. The van der Waals surface area contributed by atoms with Gasteiger partial charge >= 0.3 is 12.1 Å². The van der Waals surface area contributed by atoms with E-state index in [4.69, 9.17) is 9.63 Å². The zero-order valence-corrected chi connectivity index (χ0v) is 10.7. The summed E-state index contributed by atoms with van der Waals surface area (Å²) < 4.78 is 56.7. The van der Waals surface area contributed by atoms with E-state index in [0.29, 0.717) is 6.07 Å². The molecule has 1 aromatic carbocycles. The number of carboxylic acids is 1. The predicted molar refractivity (Wildman–Crippen MR) is 63.2 cm³/mol. The monoisotopic (exact) mass is 303 g/mol. The van der Waals surface area contributed by atoms with Gasteiger partial charge in [-0.25, -0.2) is 9.18 Å². The van der Waals surface area contributed by atoms with Crippen LogP contribution in [0.2, 0.25) is 0 Å². The summed E-state index contributed by atoms with van der Waals surface area (Å²) in [7, 11) is 0. The third kappa shape index (κ3) is 2.74. The van der Waals surface area contributed by atoms with Gasteiger partial charge < -0.3 is 9.63 Å². The van der Waals surface area contributed by atoms with Gasteiger partial charge in [0.05, 0.1) is 5.56 Å². The molecule has 0 saturated carbocycles. The van der Waals surface area contributed by atoms with Crippen LogP contribution >= 0.6 is 0 Å². The maximum Gasteiger partial charge on any atom is 0.417 e. The smallest absolute Gasteiger partial charge is 0.417 e. The van der Waals surface area contributed by atoms with Crippen molar-refractivity contribution in [3.05, 3.63) is 40.9 Å². The zero-order valence-electron chi connectivity index (χ0n) is 10.7. The van der Waals surface area contributed by atoms with Crippen molar-refractivity contribution < 1.29 is 32.0 Å². The van der Waals surface area contributed by atoms with E-state index in [-0.39, 0.29) is 12.2 Å². The second-order valence-electron chi connectivity index (χ2n) is 4.18. The van der Waals surface area contributed by atoms with Crippen molar-refractivity contribution in [2.75, 3.05) is 0 Å². The minimum atomic E-state index is -4.85. The fourth-order valence-corrected chi connectivity index (χ4v) is 1.93. The Morgan fingerprint density at radius 1 is 1.38 bits per heavy atom. The Morgan fingerprint density at radius 2 is 2.05 bits per heavy atom. The van der Waals surface area contributed by atoms with E-state index in [1.54, 1.807) is 6.92 Å². The van der Waals surface area contributed by atoms with E-state index in [1.807, 2.05) is 0 Å². The molecule has 0 fully saturated rings. The van der Waals surface area contributed by atoms with Crippen molar-refractivity contribution >= 4 is 5.97 Å². The van der Waals surface area contributed by atoms with Crippen molar-refractivity contribution in [2.24, 2.45) is 0 Å². The van der Waals surface area contributed by atoms with Gasteiger partial charge in [0.25, 0.3) is 0 Å². The molecule has 0 unspecified atom stereocenters. The summed E-state index contributed by atoms with van der Waals surface area (Å²) in [6.07, 6.45) is -4.70. The molecular formula is C13H9F4NO3. The highest BCUT2D eigenvalue weighted by Crippen LogP contribution is 2.38. The number of alkyl halides is 3. The van der Waals surface area contributed by atoms with Gasteiger partial charge in [-0.05, 0) is 18.2 Å². The molecule has 0 bridgehead atoms. The zero-order chi connectivity index (χ0) is 15.8. The number of aromatic nitrogens is 1. The first-order chi connectivity index (χ1) is 9.75. The van der Waals surface area contributed by atoms with Gasteiger partial charge in [0.15, 0.2) is 5.76 Å². The van der Waals surface area contributed by atoms with Crippen molar-refractivity contribution in [1.82, 2.24) is 5.16 Å². The third-order valence-electron chi connectivity index (χ3n) is 2.84. The molecule has 0 aliphatic rings. The number of hydrogen-bond acceptors (Lipinski definition) is 3. The highest BCUT2D eigenvalue weighted by atomic mass is 19.4. The van der Waals surface area contributed by atoms with Crippen LogP contribution in [0.25, 0.3) is 11.3 Å². The van der Waals surface area contributed by atoms with Crippen LogP contribution < -0.4 is 0 Å². The summed E-state index contributed by atoms with van der Waals surface area (Å²) >= 11 is 0. The molecule has 112 valence electrons. The van der Waals surface area contributed by atoms with Crippen molar-refractivity contribution in [3.63, 3.8) is 0 Å². The Labute approximate surface area is 116 Å². The van der Waals surface area contributed by atoms with Crippen molar-refractivity contribution in [2.45, 2.75) is 19.5 Å². The van der Waals surface area contributed by atoms with Crippen LogP contribution in [0.5, 0.6) is 0 Å². The van der Waals surface area contributed by atoms with Gasteiger partial charge in [-0.2, -0.15) is 13.2 Å². The summed E-state index contributed by atoms with van der Waals surface area (Å²) in [6.45, 7) is 1.58. The Hall–Kier alpha value is -2.38. The Balaban J connectivity index is 2.74. The summed E-state index contributed by atoms with van der Waals surface area (Å²) in [5, 5.41) is 12.5. The standard InChI is InChI=1S/C13H9F4NO3/c1-2-9-10(12(19)20)11(18-21-9)7-4-3-6(14)5-8(7)13(15,16)17/h3-5H,2H2,1H3,(H,19,20). The largest absolute Gasteiger partial charge is 0.477 e. The number of halogens is 4. The second kappa shape index (κ2) is 5.19. The molecule has 4 nitrogen and oxygen atoms in total. The number of rotatable bonds is 3. The predicted octanol–water partition coefficient (Wildman–Crippen LogP) is 3.76. The average Bonchev–Trinajstić information content (AvgIpc) is 2.81. The molecule has 0 saturated heterocycles. The number of nitrogens with zero attached hydrogens (tertiary/aromatic N) is 1. The molecule has 21 heavy (non-hydrogen) atoms. The van der Waals surface area contributed by atoms with E-state index in [1.165, 1.54) is 0 Å². The molecular weight excluding hydrogens is 294 g/mol. The molecule has 0 amide bonds. The van der Waals surface area contributed by atoms with Crippen LogP contribution in [-0.2, 0) is 12.6 Å². The molecule has 1 aromatic heterocycles. The fraction of sp³-hybridized carbons (Fsp3) is 0.231. The summed E-state index contributed by atoms with van der Waals surface area (Å²) in [5.74, 6) is -2.59. The van der Waals surface area contributed by atoms with Gasteiger partial charge in [0.1, 0.15) is 17.1 Å². The van der Waals surface area contributed by atoms with Crippen LogP contribution in [0.1, 0.15) is 28.6 Å². The summed E-state index contributed by atoms with van der Waals surface area (Å²) in [4.78, 5) is 11.2. The lowest BCUT2D eigenvalue weighted by Gasteiger charge is -2.11. The van der Waals surface area contributed by atoms with Gasteiger partial charge in [-0.15, -0.1) is 0 Å². The molecule has 0 radical (unpaired) electrons. The van der Waals surface area contributed by atoms with Crippen LogP contribution in [0, 0.1) is 5.82 Å². The normalized spacial score (nSPS) is 11.7. The molecule has 2 rings (SSSR count). The van der Waals surface area contributed by atoms with E-state index in [9.17, 15) is 22.4 Å². The molecule has 8 heteroatoms. The molecule has 0 aliphatic carbocycles. The Kier molecular flexibility index (Phi) is 3.71. The lowest BCUT2D eigenvalue weighted by molar-refractivity contribution is -0.137. The maximum absolute atomic E-state index is 13.1. The number of carbonyl (C=O) groups is 1. The lowest BCUT2D eigenvalue weighted by Crippen LogP contribution is -2.09. The molecule has 1 heterocycles. The van der Waals surface area contributed by atoms with Crippen LogP contribution in [0.15, 0.2) is 22.7 Å².